The lowest BCUT2D eigenvalue weighted by molar-refractivity contribution is 0.644. The summed E-state index contributed by atoms with van der Waals surface area (Å²) in [5.41, 5.74) is 9.86. The van der Waals surface area contributed by atoms with Crippen LogP contribution in [-0.2, 0) is 13.5 Å². The summed E-state index contributed by atoms with van der Waals surface area (Å²) in [6.45, 7) is 3.94. The van der Waals surface area contributed by atoms with Gasteiger partial charge in [0.25, 0.3) is 0 Å². The predicted octanol–water partition coefficient (Wildman–Crippen LogP) is 1.29. The van der Waals surface area contributed by atoms with Gasteiger partial charge in [0.1, 0.15) is 0 Å². The molecule has 0 aliphatic rings. The fraction of sp³-hybridized carbons (Fsp3) is 0.455. The minimum Gasteiger partial charge on any atom is -0.319 e. The molecule has 2 aromatic rings. The highest BCUT2D eigenvalue weighted by Gasteiger charge is 2.21. The Hall–Kier alpha value is -1.34. The maximum absolute atomic E-state index is 6.31. The molecule has 2 N–H and O–H groups in total. The van der Waals surface area contributed by atoms with E-state index in [0.29, 0.717) is 4.60 Å². The maximum Gasteiger partial charge on any atom is 0.153 e. The van der Waals surface area contributed by atoms with Gasteiger partial charge in [-0.15, -0.1) is 5.10 Å². The molecule has 0 amide bonds. The van der Waals surface area contributed by atoms with E-state index in [-0.39, 0.29) is 6.04 Å². The molecule has 2 aromatic heterocycles. The largest absolute Gasteiger partial charge is 0.319 e. The molecule has 0 saturated carbocycles. The Balaban J connectivity index is 2.51. The van der Waals surface area contributed by atoms with Crippen LogP contribution in [0, 0.1) is 6.92 Å². The van der Waals surface area contributed by atoms with E-state index in [1.54, 1.807) is 4.68 Å². The van der Waals surface area contributed by atoms with Gasteiger partial charge in [-0.1, -0.05) is 12.1 Å². The van der Waals surface area contributed by atoms with E-state index >= 15 is 0 Å². The molecule has 96 valence electrons. The van der Waals surface area contributed by atoms with Crippen molar-refractivity contribution >= 4 is 15.9 Å². The SMILES string of the molecule is CCc1nnc(C)cc1C(N)c1c(Br)nnn1C. The average Bonchev–Trinajstić information content (AvgIpc) is 2.68. The summed E-state index contributed by atoms with van der Waals surface area (Å²) >= 11 is 3.37. The van der Waals surface area contributed by atoms with Gasteiger partial charge in [-0.25, -0.2) is 4.68 Å². The van der Waals surface area contributed by atoms with E-state index < -0.39 is 0 Å². The lowest BCUT2D eigenvalue weighted by Gasteiger charge is -2.15. The second kappa shape index (κ2) is 5.11. The van der Waals surface area contributed by atoms with Crippen molar-refractivity contribution in [3.05, 3.63) is 33.3 Å². The van der Waals surface area contributed by atoms with Gasteiger partial charge in [0, 0.05) is 12.6 Å². The summed E-state index contributed by atoms with van der Waals surface area (Å²) in [4.78, 5) is 0. The zero-order valence-corrected chi connectivity index (χ0v) is 12.1. The summed E-state index contributed by atoms with van der Waals surface area (Å²) in [6, 6.07) is 1.65. The standard InChI is InChI=1S/C11H15BrN6/c1-4-8-7(5-6(2)14-15-8)9(13)10-11(12)16-17-18(10)3/h5,9H,4,13H2,1-3H3. The van der Waals surface area contributed by atoms with Gasteiger partial charge in [-0.05, 0) is 35.3 Å². The molecule has 0 aromatic carbocycles. The highest BCUT2D eigenvalue weighted by Crippen LogP contribution is 2.26. The molecule has 2 rings (SSSR count). The van der Waals surface area contributed by atoms with Crippen LogP contribution in [0.1, 0.15) is 35.6 Å². The second-order valence-corrected chi connectivity index (χ2v) is 4.86. The normalized spacial score (nSPS) is 12.7. The summed E-state index contributed by atoms with van der Waals surface area (Å²) in [7, 11) is 1.82. The first kappa shape index (κ1) is 13.1. The van der Waals surface area contributed by atoms with Crippen molar-refractivity contribution in [1.29, 1.82) is 0 Å². The van der Waals surface area contributed by atoms with Crippen molar-refractivity contribution in [3.63, 3.8) is 0 Å². The van der Waals surface area contributed by atoms with E-state index in [4.69, 9.17) is 5.73 Å². The monoisotopic (exact) mass is 310 g/mol. The molecule has 0 saturated heterocycles. The van der Waals surface area contributed by atoms with Gasteiger partial charge in [0.05, 0.1) is 23.1 Å². The first-order chi connectivity index (χ1) is 8.54. The van der Waals surface area contributed by atoms with Gasteiger partial charge < -0.3 is 5.73 Å². The molecule has 0 radical (unpaired) electrons. The molecule has 0 fully saturated rings. The van der Waals surface area contributed by atoms with Crippen LogP contribution in [0.15, 0.2) is 10.7 Å². The number of halogens is 1. The molecular weight excluding hydrogens is 296 g/mol. The molecule has 0 bridgehead atoms. The summed E-state index contributed by atoms with van der Waals surface area (Å²) < 4.78 is 2.33. The van der Waals surface area contributed by atoms with Gasteiger partial charge in [0.15, 0.2) is 4.60 Å². The van der Waals surface area contributed by atoms with Crippen LogP contribution in [0.25, 0.3) is 0 Å². The van der Waals surface area contributed by atoms with Crippen LogP contribution in [-0.4, -0.2) is 25.2 Å². The second-order valence-electron chi connectivity index (χ2n) is 4.11. The first-order valence-electron chi connectivity index (χ1n) is 5.68. The molecule has 1 atom stereocenters. The quantitative estimate of drug-likeness (QED) is 0.923. The molecule has 6 nitrogen and oxygen atoms in total. The zero-order valence-electron chi connectivity index (χ0n) is 10.6. The maximum atomic E-state index is 6.31. The van der Waals surface area contributed by atoms with Gasteiger partial charge in [0.2, 0.25) is 0 Å². The Morgan fingerprint density at radius 2 is 2.11 bits per heavy atom. The van der Waals surface area contributed by atoms with Crippen LogP contribution < -0.4 is 5.73 Å². The smallest absolute Gasteiger partial charge is 0.153 e. The Kier molecular flexibility index (Phi) is 3.72. The van der Waals surface area contributed by atoms with E-state index in [9.17, 15) is 0 Å². The lowest BCUT2D eigenvalue weighted by Crippen LogP contribution is -2.19. The van der Waals surface area contributed by atoms with Crippen molar-refractivity contribution in [1.82, 2.24) is 25.2 Å². The van der Waals surface area contributed by atoms with Crippen molar-refractivity contribution in [3.8, 4) is 0 Å². The van der Waals surface area contributed by atoms with E-state index in [1.807, 2.05) is 27.0 Å². The number of aromatic nitrogens is 5. The van der Waals surface area contributed by atoms with Crippen LogP contribution in [0.3, 0.4) is 0 Å². The highest BCUT2D eigenvalue weighted by atomic mass is 79.9. The zero-order chi connectivity index (χ0) is 13.3. The number of nitrogens with two attached hydrogens (primary N) is 1. The number of hydrogen-bond acceptors (Lipinski definition) is 5. The molecule has 0 aliphatic carbocycles. The van der Waals surface area contributed by atoms with Crippen molar-refractivity contribution in [2.24, 2.45) is 12.8 Å². The third-order valence-electron chi connectivity index (χ3n) is 2.82. The van der Waals surface area contributed by atoms with Gasteiger partial charge in [-0.3, -0.25) is 0 Å². The molecule has 18 heavy (non-hydrogen) atoms. The Bertz CT molecular complexity index is 545. The topological polar surface area (TPSA) is 82.5 Å². The Morgan fingerprint density at radius 3 is 2.67 bits per heavy atom. The fourth-order valence-corrected chi connectivity index (χ4v) is 2.47. The minimum absolute atomic E-state index is 0.316. The molecule has 2 heterocycles. The predicted molar refractivity (Wildman–Crippen MR) is 70.9 cm³/mol. The number of hydrogen-bond donors (Lipinski definition) is 1. The third kappa shape index (κ3) is 2.28. The summed E-state index contributed by atoms with van der Waals surface area (Å²) in [5.74, 6) is 0. The van der Waals surface area contributed by atoms with Crippen LogP contribution in [0.2, 0.25) is 0 Å². The van der Waals surface area contributed by atoms with E-state index in [1.165, 1.54) is 0 Å². The Labute approximate surface area is 114 Å². The highest BCUT2D eigenvalue weighted by molar-refractivity contribution is 9.10. The molecule has 0 aliphatic heterocycles. The lowest BCUT2D eigenvalue weighted by atomic mass is 10.0. The van der Waals surface area contributed by atoms with Gasteiger partial charge >= 0.3 is 0 Å². The number of aryl methyl sites for hydroxylation is 3. The van der Waals surface area contributed by atoms with E-state index in [2.05, 4.69) is 36.4 Å². The van der Waals surface area contributed by atoms with E-state index in [0.717, 1.165) is 29.1 Å². The summed E-state index contributed by atoms with van der Waals surface area (Å²) in [6.07, 6.45) is 0.791. The van der Waals surface area contributed by atoms with Crippen LogP contribution in [0.4, 0.5) is 0 Å². The molecular formula is C11H15BrN6. The van der Waals surface area contributed by atoms with Crippen molar-refractivity contribution in [2.45, 2.75) is 26.3 Å². The van der Waals surface area contributed by atoms with Crippen LogP contribution >= 0.6 is 15.9 Å². The average molecular weight is 311 g/mol. The van der Waals surface area contributed by atoms with Crippen LogP contribution in [0.5, 0.6) is 0 Å². The fourth-order valence-electron chi connectivity index (χ4n) is 1.89. The molecule has 1 unspecified atom stereocenters. The number of rotatable bonds is 3. The van der Waals surface area contributed by atoms with Gasteiger partial charge in [-0.2, -0.15) is 10.2 Å². The first-order valence-corrected chi connectivity index (χ1v) is 6.47. The molecule has 0 spiro atoms. The number of nitrogens with zero attached hydrogens (tertiary/aromatic N) is 5. The minimum atomic E-state index is -0.316. The van der Waals surface area contributed by atoms with Crippen molar-refractivity contribution < 1.29 is 0 Å². The summed E-state index contributed by atoms with van der Waals surface area (Å²) in [5, 5.41) is 16.2. The molecule has 7 heteroatoms. The third-order valence-corrected chi connectivity index (χ3v) is 3.38. The van der Waals surface area contributed by atoms with Crippen molar-refractivity contribution in [2.75, 3.05) is 0 Å². The Morgan fingerprint density at radius 1 is 1.39 bits per heavy atom.